The second-order valence-corrected chi connectivity index (χ2v) is 4.88. The van der Waals surface area contributed by atoms with E-state index in [4.69, 9.17) is 5.11 Å². The van der Waals surface area contributed by atoms with Crippen molar-refractivity contribution >= 4 is 21.9 Å². The highest BCUT2D eigenvalue weighted by molar-refractivity contribution is 9.10. The van der Waals surface area contributed by atoms with E-state index < -0.39 is 5.97 Å². The van der Waals surface area contributed by atoms with Crippen LogP contribution in [0.5, 0.6) is 0 Å². The van der Waals surface area contributed by atoms with Crippen LogP contribution in [-0.4, -0.2) is 11.1 Å². The Morgan fingerprint density at radius 1 is 1.47 bits per heavy atom. The van der Waals surface area contributed by atoms with Crippen LogP contribution in [0, 0.1) is 0 Å². The van der Waals surface area contributed by atoms with Crippen LogP contribution in [0.3, 0.4) is 0 Å². The molecule has 0 aromatic heterocycles. The summed E-state index contributed by atoms with van der Waals surface area (Å²) in [6.45, 7) is 0. The van der Waals surface area contributed by atoms with Crippen LogP contribution >= 0.6 is 15.9 Å². The molecule has 15 heavy (non-hydrogen) atoms. The van der Waals surface area contributed by atoms with E-state index in [1.807, 2.05) is 6.07 Å². The summed E-state index contributed by atoms with van der Waals surface area (Å²) in [5, 5.41) is 8.59. The number of aryl methyl sites for hydroxylation is 1. The van der Waals surface area contributed by atoms with Gasteiger partial charge in [0.25, 0.3) is 0 Å². The molecule has 0 atom stereocenters. The van der Waals surface area contributed by atoms with Crippen molar-refractivity contribution in [2.24, 2.45) is 0 Å². The van der Waals surface area contributed by atoms with E-state index in [0.717, 1.165) is 16.0 Å². The molecule has 0 spiro atoms. The Morgan fingerprint density at radius 2 is 2.20 bits per heavy atom. The van der Waals surface area contributed by atoms with Crippen molar-refractivity contribution in [2.75, 3.05) is 0 Å². The van der Waals surface area contributed by atoms with Crippen molar-refractivity contribution in [1.29, 1.82) is 0 Å². The number of rotatable bonds is 4. The summed E-state index contributed by atoms with van der Waals surface area (Å²) in [5.74, 6) is -0.00899. The number of halogens is 1. The van der Waals surface area contributed by atoms with Gasteiger partial charge in [-0.15, -0.1) is 0 Å². The highest BCUT2D eigenvalue weighted by atomic mass is 79.9. The zero-order valence-corrected chi connectivity index (χ0v) is 9.96. The van der Waals surface area contributed by atoms with Gasteiger partial charge in [0, 0.05) is 10.9 Å². The first-order chi connectivity index (χ1) is 7.16. The van der Waals surface area contributed by atoms with Crippen LogP contribution in [0.2, 0.25) is 0 Å². The van der Waals surface area contributed by atoms with Gasteiger partial charge in [0.15, 0.2) is 0 Å². The Labute approximate surface area is 97.4 Å². The van der Waals surface area contributed by atoms with Crippen LogP contribution in [-0.2, 0) is 11.2 Å². The lowest BCUT2D eigenvalue weighted by Gasteiger charge is -2.05. The molecule has 0 heterocycles. The molecule has 0 saturated heterocycles. The maximum absolute atomic E-state index is 10.4. The third kappa shape index (κ3) is 2.81. The number of carboxylic acid groups (broad SMARTS) is 1. The maximum atomic E-state index is 10.4. The Morgan fingerprint density at radius 3 is 2.73 bits per heavy atom. The summed E-state index contributed by atoms with van der Waals surface area (Å²) in [4.78, 5) is 10.4. The fraction of sp³-hybridized carbons (Fsp3) is 0.417. The molecule has 0 bridgehead atoms. The molecule has 2 rings (SSSR count). The Hall–Kier alpha value is -0.830. The van der Waals surface area contributed by atoms with Crippen molar-refractivity contribution in [2.45, 2.75) is 31.6 Å². The lowest BCUT2D eigenvalue weighted by Crippen LogP contribution is -1.97. The zero-order chi connectivity index (χ0) is 10.8. The van der Waals surface area contributed by atoms with E-state index in [1.165, 1.54) is 18.4 Å². The minimum Gasteiger partial charge on any atom is -0.481 e. The van der Waals surface area contributed by atoms with Gasteiger partial charge in [0.05, 0.1) is 0 Å². The van der Waals surface area contributed by atoms with Gasteiger partial charge >= 0.3 is 5.97 Å². The standard InChI is InChI=1S/C12H13BrO2/c13-11-7-8(2-6-12(14)15)1-5-10(11)9-3-4-9/h1,5,7,9H,2-4,6H2,(H,14,15). The first kappa shape index (κ1) is 10.7. The van der Waals surface area contributed by atoms with Gasteiger partial charge in [0.1, 0.15) is 0 Å². The Kier molecular flexibility index (Phi) is 3.10. The molecular weight excluding hydrogens is 256 g/mol. The molecule has 2 nitrogen and oxygen atoms in total. The van der Waals surface area contributed by atoms with Crippen molar-refractivity contribution in [3.8, 4) is 0 Å². The average molecular weight is 269 g/mol. The van der Waals surface area contributed by atoms with Crippen molar-refractivity contribution in [3.05, 3.63) is 33.8 Å². The molecule has 1 aliphatic rings. The number of carbonyl (C=O) groups is 1. The van der Waals surface area contributed by atoms with Gasteiger partial charge in [0.2, 0.25) is 0 Å². The Balaban J connectivity index is 2.07. The molecule has 80 valence electrons. The number of hydrogen-bond acceptors (Lipinski definition) is 1. The number of carboxylic acids is 1. The van der Waals surface area contributed by atoms with Gasteiger partial charge in [-0.2, -0.15) is 0 Å². The van der Waals surface area contributed by atoms with E-state index in [9.17, 15) is 4.79 Å². The zero-order valence-electron chi connectivity index (χ0n) is 8.37. The molecule has 3 heteroatoms. The normalized spacial score (nSPS) is 15.3. The fourth-order valence-corrected chi connectivity index (χ4v) is 2.45. The minimum atomic E-state index is -0.739. The van der Waals surface area contributed by atoms with Gasteiger partial charge in [-0.25, -0.2) is 0 Å². The second-order valence-electron chi connectivity index (χ2n) is 4.02. The molecule has 1 fully saturated rings. The van der Waals surface area contributed by atoms with E-state index in [2.05, 4.69) is 28.1 Å². The summed E-state index contributed by atoms with van der Waals surface area (Å²) in [6, 6.07) is 6.22. The first-order valence-corrected chi connectivity index (χ1v) is 5.96. The van der Waals surface area contributed by atoms with Crippen LogP contribution < -0.4 is 0 Å². The fourth-order valence-electron chi connectivity index (χ4n) is 1.70. The van der Waals surface area contributed by atoms with Gasteiger partial charge < -0.3 is 5.11 Å². The summed E-state index contributed by atoms with van der Waals surface area (Å²) in [5.41, 5.74) is 2.46. The summed E-state index contributed by atoms with van der Waals surface area (Å²) in [6.07, 6.45) is 3.38. The predicted molar refractivity (Wildman–Crippen MR) is 62.1 cm³/mol. The Bertz CT molecular complexity index is 383. The molecule has 1 aliphatic carbocycles. The van der Waals surface area contributed by atoms with E-state index >= 15 is 0 Å². The molecule has 1 aromatic carbocycles. The predicted octanol–water partition coefficient (Wildman–Crippen LogP) is 3.34. The van der Waals surface area contributed by atoms with Crippen LogP contribution in [0.15, 0.2) is 22.7 Å². The van der Waals surface area contributed by atoms with Crippen molar-refractivity contribution in [3.63, 3.8) is 0 Å². The SMILES string of the molecule is O=C(O)CCc1ccc(C2CC2)c(Br)c1. The molecule has 0 unspecified atom stereocenters. The summed E-state index contributed by atoms with van der Waals surface area (Å²) < 4.78 is 1.13. The van der Waals surface area contributed by atoms with Gasteiger partial charge in [-0.3, -0.25) is 4.79 Å². The molecule has 0 radical (unpaired) electrons. The highest BCUT2D eigenvalue weighted by Gasteiger charge is 2.25. The molecule has 1 saturated carbocycles. The summed E-state index contributed by atoms with van der Waals surface area (Å²) >= 11 is 3.55. The molecule has 0 amide bonds. The average Bonchev–Trinajstić information content (AvgIpc) is 2.98. The molecule has 1 N–H and O–H groups in total. The third-order valence-electron chi connectivity index (χ3n) is 2.71. The van der Waals surface area contributed by atoms with E-state index in [1.54, 1.807) is 0 Å². The second kappa shape index (κ2) is 4.35. The first-order valence-electron chi connectivity index (χ1n) is 5.17. The molecule has 0 aliphatic heterocycles. The van der Waals surface area contributed by atoms with Crippen molar-refractivity contribution in [1.82, 2.24) is 0 Å². The number of aliphatic carboxylic acids is 1. The lowest BCUT2D eigenvalue weighted by molar-refractivity contribution is -0.136. The minimum absolute atomic E-state index is 0.204. The topological polar surface area (TPSA) is 37.3 Å². The lowest BCUT2D eigenvalue weighted by atomic mass is 10.1. The number of hydrogen-bond donors (Lipinski definition) is 1. The van der Waals surface area contributed by atoms with E-state index in [0.29, 0.717) is 6.42 Å². The largest absolute Gasteiger partial charge is 0.481 e. The monoisotopic (exact) mass is 268 g/mol. The molecular formula is C12H13BrO2. The summed E-state index contributed by atoms with van der Waals surface area (Å²) in [7, 11) is 0. The maximum Gasteiger partial charge on any atom is 0.303 e. The van der Waals surface area contributed by atoms with Crippen LogP contribution in [0.1, 0.15) is 36.3 Å². The smallest absolute Gasteiger partial charge is 0.303 e. The van der Waals surface area contributed by atoms with Crippen LogP contribution in [0.25, 0.3) is 0 Å². The highest BCUT2D eigenvalue weighted by Crippen LogP contribution is 2.43. The third-order valence-corrected chi connectivity index (χ3v) is 3.40. The van der Waals surface area contributed by atoms with Crippen molar-refractivity contribution < 1.29 is 9.90 Å². The van der Waals surface area contributed by atoms with Crippen LogP contribution in [0.4, 0.5) is 0 Å². The number of benzene rings is 1. The quantitative estimate of drug-likeness (QED) is 0.910. The molecule has 1 aromatic rings. The van der Waals surface area contributed by atoms with Gasteiger partial charge in [-0.05, 0) is 42.4 Å². The van der Waals surface area contributed by atoms with E-state index in [-0.39, 0.29) is 6.42 Å². The van der Waals surface area contributed by atoms with Gasteiger partial charge in [-0.1, -0.05) is 28.1 Å².